The molecule has 0 spiro atoms. The van der Waals surface area contributed by atoms with Gasteiger partial charge in [-0.1, -0.05) is 6.07 Å². The highest BCUT2D eigenvalue weighted by atomic mass is 16.6. The Kier molecular flexibility index (Phi) is 17.4. The molecule has 1 aromatic rings. The second-order valence-electron chi connectivity index (χ2n) is 6.29. The van der Waals surface area contributed by atoms with Gasteiger partial charge < -0.3 is 35.4 Å². The minimum absolute atomic E-state index is 0.0186. The number of unbranched alkanes of at least 4 members (excludes halogenated alkanes) is 1. The Labute approximate surface area is 193 Å². The van der Waals surface area contributed by atoms with E-state index in [1.807, 2.05) is 0 Å². The molecular weight excluding hydrogens is 460 g/mol. The summed E-state index contributed by atoms with van der Waals surface area (Å²) in [6, 6.07) is 5.20. The largest absolute Gasteiger partial charge is 0.481 e. The number of carboxylic acid groups (broad SMARTS) is 4. The number of ether oxygens (including phenoxy) is 1. The molecule has 2 rings (SSSR count). The number of esters is 2. The van der Waals surface area contributed by atoms with Gasteiger partial charge in [-0.05, 0) is 38.0 Å². The van der Waals surface area contributed by atoms with Crippen LogP contribution >= 0.6 is 0 Å². The fourth-order valence-electron chi connectivity index (χ4n) is 1.64. The van der Waals surface area contributed by atoms with Crippen LogP contribution in [0.5, 0.6) is 0 Å². The number of rotatable bonds is 8. The molecule has 0 amide bonds. The molecule has 0 aliphatic carbocycles. The van der Waals surface area contributed by atoms with E-state index in [0.717, 1.165) is 18.2 Å². The van der Waals surface area contributed by atoms with Gasteiger partial charge in [0.05, 0.1) is 23.8 Å². The highest BCUT2D eigenvalue weighted by Crippen LogP contribution is 2.04. The second-order valence-corrected chi connectivity index (χ2v) is 6.29. The van der Waals surface area contributed by atoms with Crippen molar-refractivity contribution in [3.63, 3.8) is 0 Å². The van der Waals surface area contributed by atoms with Crippen molar-refractivity contribution in [1.82, 2.24) is 0 Å². The minimum Gasteiger partial charge on any atom is -0.481 e. The first kappa shape index (κ1) is 32.1. The van der Waals surface area contributed by atoms with Crippen molar-refractivity contribution < 1.29 is 64.1 Å². The van der Waals surface area contributed by atoms with Gasteiger partial charge in [0.1, 0.15) is 0 Å². The zero-order valence-electron chi connectivity index (χ0n) is 18.1. The number of hydrogen-bond acceptors (Lipinski definition) is 9. The zero-order valence-corrected chi connectivity index (χ0v) is 18.1. The van der Waals surface area contributed by atoms with Crippen molar-refractivity contribution in [1.29, 1.82) is 0 Å². The van der Waals surface area contributed by atoms with Gasteiger partial charge in [0.2, 0.25) is 0 Å². The van der Waals surface area contributed by atoms with Crippen molar-refractivity contribution in [2.24, 2.45) is 0 Å². The summed E-state index contributed by atoms with van der Waals surface area (Å²) < 4.78 is 3.97. The van der Waals surface area contributed by atoms with Crippen molar-refractivity contribution in [3.8, 4) is 0 Å². The number of hydrogen-bond donors (Lipinski definition) is 6. The highest BCUT2D eigenvalue weighted by Gasteiger charge is 2.10. The molecule has 13 nitrogen and oxygen atoms in total. The Hall–Kier alpha value is -4.10. The molecule has 0 saturated heterocycles. The van der Waals surface area contributed by atoms with Crippen molar-refractivity contribution >= 4 is 35.8 Å². The molecular formula is C21H26O13. The summed E-state index contributed by atoms with van der Waals surface area (Å²) in [5, 5.41) is 49.3. The van der Waals surface area contributed by atoms with E-state index in [1.54, 1.807) is 0 Å². The zero-order chi connectivity index (χ0) is 26.7. The molecule has 1 heterocycles. The second kappa shape index (κ2) is 18.5. The topological polar surface area (TPSA) is 233 Å². The Morgan fingerprint density at radius 3 is 1.38 bits per heavy atom. The molecule has 188 valence electrons. The van der Waals surface area contributed by atoms with Gasteiger partial charge in [-0.15, -0.1) is 0 Å². The Morgan fingerprint density at radius 2 is 1.18 bits per heavy atom. The molecule has 13 heteroatoms. The first-order chi connectivity index (χ1) is 15.8. The number of benzene rings is 1. The lowest BCUT2D eigenvalue weighted by Gasteiger charge is -1.95. The first-order valence-corrected chi connectivity index (χ1v) is 9.53. The van der Waals surface area contributed by atoms with Gasteiger partial charge in [0, 0.05) is 25.0 Å². The summed E-state index contributed by atoms with van der Waals surface area (Å²) in [6.07, 6.45) is 2.63. The lowest BCUT2D eigenvalue weighted by molar-refractivity contribution is -0.150. The van der Waals surface area contributed by atoms with E-state index in [4.69, 9.17) is 30.6 Å². The first-order valence-electron chi connectivity index (χ1n) is 9.53. The molecule has 6 N–H and O–H groups in total. The lowest BCUT2D eigenvalue weighted by Crippen LogP contribution is -2.03. The Bertz CT molecular complexity index is 810. The van der Waals surface area contributed by atoms with Gasteiger partial charge in [0.25, 0.3) is 0 Å². The van der Waals surface area contributed by atoms with Crippen LogP contribution in [0.2, 0.25) is 0 Å². The molecule has 0 bridgehead atoms. The van der Waals surface area contributed by atoms with Crippen LogP contribution in [0.15, 0.2) is 36.4 Å². The SMILES string of the molecule is CC(O)CO.O=C(O)CCCCC(=O)O.O=C(O)c1cccc(C(=O)O)c1.O=C1C=CC(=O)O1. The Morgan fingerprint density at radius 1 is 0.824 bits per heavy atom. The third-order valence-corrected chi connectivity index (χ3v) is 3.21. The molecule has 34 heavy (non-hydrogen) atoms. The van der Waals surface area contributed by atoms with E-state index in [1.165, 1.54) is 25.1 Å². The van der Waals surface area contributed by atoms with E-state index < -0.39 is 41.9 Å². The smallest absolute Gasteiger partial charge is 0.338 e. The van der Waals surface area contributed by atoms with Crippen LogP contribution in [0.3, 0.4) is 0 Å². The van der Waals surface area contributed by atoms with E-state index in [0.29, 0.717) is 12.8 Å². The maximum absolute atomic E-state index is 10.4. The highest BCUT2D eigenvalue weighted by molar-refractivity contribution is 6.04. The average Bonchev–Trinajstić information content (AvgIpc) is 3.14. The van der Waals surface area contributed by atoms with Crippen LogP contribution in [0.1, 0.15) is 53.3 Å². The summed E-state index contributed by atoms with van der Waals surface area (Å²) in [5.74, 6) is -5.15. The molecule has 1 unspecified atom stereocenters. The third kappa shape index (κ3) is 19.8. The van der Waals surface area contributed by atoms with Gasteiger partial charge in [-0.3, -0.25) is 9.59 Å². The van der Waals surface area contributed by atoms with Crippen LogP contribution in [0.4, 0.5) is 0 Å². The summed E-state index contributed by atoms with van der Waals surface area (Å²) in [4.78, 5) is 60.4. The number of aromatic carboxylic acids is 2. The predicted molar refractivity (Wildman–Crippen MR) is 113 cm³/mol. The fourth-order valence-corrected chi connectivity index (χ4v) is 1.64. The van der Waals surface area contributed by atoms with Crippen LogP contribution in [-0.2, 0) is 23.9 Å². The van der Waals surface area contributed by atoms with Gasteiger partial charge >= 0.3 is 35.8 Å². The molecule has 1 aliphatic heterocycles. The van der Waals surface area contributed by atoms with Crippen LogP contribution in [0, 0.1) is 0 Å². The number of aliphatic carboxylic acids is 2. The minimum atomic E-state index is -1.13. The third-order valence-electron chi connectivity index (χ3n) is 3.21. The van der Waals surface area contributed by atoms with Crippen molar-refractivity contribution in [2.45, 2.75) is 38.7 Å². The standard InChI is InChI=1S/C8H6O4.C6H10O4.C4H2O3.C3H8O2/c9-7(10)5-2-1-3-6(4-5)8(11)12;7-5(8)3-1-2-4-6(9)10;5-3-1-2-4(6)7-3;1-3(5)2-4/h1-4H,(H,9,10)(H,11,12);1-4H2,(H,7,8)(H,9,10);1-2H;3-5H,2H2,1H3. The molecule has 0 saturated carbocycles. The van der Waals surface area contributed by atoms with E-state index in [-0.39, 0.29) is 30.6 Å². The van der Waals surface area contributed by atoms with Gasteiger partial charge in [-0.2, -0.15) is 0 Å². The predicted octanol–water partition coefficient (Wildman–Crippen LogP) is 0.784. The number of cyclic esters (lactones) is 2. The quantitative estimate of drug-likeness (QED) is 0.169. The monoisotopic (exact) mass is 486 g/mol. The van der Waals surface area contributed by atoms with E-state index in [9.17, 15) is 28.8 Å². The fraction of sp³-hybridized carbons (Fsp3) is 0.333. The molecule has 1 atom stereocenters. The maximum Gasteiger partial charge on any atom is 0.338 e. The number of aliphatic hydroxyl groups is 2. The number of aliphatic hydroxyl groups excluding tert-OH is 2. The summed E-state index contributed by atoms with van der Waals surface area (Å²) in [5.41, 5.74) is -0.0372. The van der Waals surface area contributed by atoms with Gasteiger partial charge in [-0.25, -0.2) is 19.2 Å². The molecule has 1 aromatic carbocycles. The summed E-state index contributed by atoms with van der Waals surface area (Å²) in [6.45, 7) is 1.39. The van der Waals surface area contributed by atoms with Crippen molar-refractivity contribution in [3.05, 3.63) is 47.5 Å². The van der Waals surface area contributed by atoms with E-state index >= 15 is 0 Å². The molecule has 0 fully saturated rings. The number of carbonyl (C=O) groups is 6. The van der Waals surface area contributed by atoms with Crippen LogP contribution < -0.4 is 0 Å². The maximum atomic E-state index is 10.4. The van der Waals surface area contributed by atoms with Crippen molar-refractivity contribution in [2.75, 3.05) is 6.61 Å². The lowest BCUT2D eigenvalue weighted by atomic mass is 10.1. The molecule has 1 aliphatic rings. The number of carboxylic acids is 4. The Balaban J connectivity index is 0. The molecule has 0 radical (unpaired) electrons. The average molecular weight is 486 g/mol. The normalized spacial score (nSPS) is 11.9. The summed E-state index contributed by atoms with van der Waals surface area (Å²) >= 11 is 0. The van der Waals surface area contributed by atoms with E-state index in [2.05, 4.69) is 4.74 Å². The van der Waals surface area contributed by atoms with Gasteiger partial charge in [0.15, 0.2) is 0 Å². The number of carbonyl (C=O) groups excluding carboxylic acids is 2. The molecule has 0 aromatic heterocycles. The van der Waals surface area contributed by atoms with Crippen LogP contribution in [0.25, 0.3) is 0 Å². The van der Waals surface area contributed by atoms with Crippen LogP contribution in [-0.4, -0.2) is 79.2 Å². The summed E-state index contributed by atoms with van der Waals surface area (Å²) in [7, 11) is 0.